The molecule has 0 aromatic carbocycles. The number of thiophene rings is 1. The zero-order chi connectivity index (χ0) is 10.3. The molecule has 0 saturated carbocycles. The van der Waals surface area contributed by atoms with Crippen LogP contribution in [0.5, 0.6) is 0 Å². The van der Waals surface area contributed by atoms with Crippen LogP contribution in [0.3, 0.4) is 0 Å². The summed E-state index contributed by atoms with van der Waals surface area (Å²) in [6, 6.07) is 1.94. The molecule has 74 valence electrons. The smallest absolute Gasteiger partial charge is 0.173 e. The molecular weight excluding hydrogens is 250 g/mol. The summed E-state index contributed by atoms with van der Waals surface area (Å²) in [5, 5.41) is 2.47. The minimum Gasteiger partial charge on any atom is -0.252 e. The lowest BCUT2D eigenvalue weighted by Gasteiger charge is -1.97. The fourth-order valence-corrected chi connectivity index (χ4v) is 2.84. The first-order valence-corrected chi connectivity index (χ1v) is 6.28. The highest BCUT2D eigenvalue weighted by molar-refractivity contribution is 7.17. The molecule has 0 saturated heterocycles. The van der Waals surface area contributed by atoms with Crippen molar-refractivity contribution in [3.8, 4) is 10.7 Å². The molecule has 0 N–H and O–H groups in total. The van der Waals surface area contributed by atoms with Gasteiger partial charge < -0.3 is 0 Å². The van der Waals surface area contributed by atoms with Gasteiger partial charge in [-0.05, 0) is 11.4 Å². The summed E-state index contributed by atoms with van der Waals surface area (Å²) >= 11 is 9.12. The first-order chi connectivity index (χ1) is 7.34. The van der Waals surface area contributed by atoms with Gasteiger partial charge in [0.15, 0.2) is 11.0 Å². The quantitative estimate of drug-likeness (QED) is 0.624. The van der Waals surface area contributed by atoms with Crippen molar-refractivity contribution in [2.24, 2.45) is 0 Å². The molecular formula is C9H4ClN3S2. The molecule has 0 amide bonds. The van der Waals surface area contributed by atoms with Crippen molar-refractivity contribution in [1.29, 1.82) is 0 Å². The Morgan fingerprint density at radius 1 is 1.20 bits per heavy atom. The van der Waals surface area contributed by atoms with Gasteiger partial charge in [-0.1, -0.05) is 11.6 Å². The lowest BCUT2D eigenvalue weighted by Crippen LogP contribution is -1.87. The number of hydrogen-bond donors (Lipinski definition) is 0. The van der Waals surface area contributed by atoms with Crippen LogP contribution in [-0.2, 0) is 0 Å². The minimum atomic E-state index is 0.512. The van der Waals surface area contributed by atoms with Crippen molar-refractivity contribution in [2.75, 3.05) is 0 Å². The van der Waals surface area contributed by atoms with Gasteiger partial charge in [0.2, 0.25) is 0 Å². The van der Waals surface area contributed by atoms with Gasteiger partial charge in [0.05, 0.1) is 20.6 Å². The molecule has 3 aromatic rings. The molecule has 3 heterocycles. The molecule has 3 nitrogen and oxygen atoms in total. The van der Waals surface area contributed by atoms with Crippen LogP contribution in [0.2, 0.25) is 5.15 Å². The third-order valence-corrected chi connectivity index (χ3v) is 3.98. The van der Waals surface area contributed by atoms with Crippen LogP contribution in [-0.4, -0.2) is 15.0 Å². The van der Waals surface area contributed by atoms with E-state index in [1.165, 1.54) is 11.3 Å². The van der Waals surface area contributed by atoms with Crippen molar-refractivity contribution in [1.82, 2.24) is 15.0 Å². The Hall–Kier alpha value is -1.04. The zero-order valence-electron chi connectivity index (χ0n) is 7.35. The standard InChI is InChI=1S/C9H4ClN3S2/c10-8-7-5(1-2-14-7)12-9(13-8)6-3-11-4-15-6/h1-4H. The summed E-state index contributed by atoms with van der Waals surface area (Å²) in [6.45, 7) is 0. The van der Waals surface area contributed by atoms with Crippen molar-refractivity contribution >= 4 is 44.5 Å². The van der Waals surface area contributed by atoms with Gasteiger partial charge in [-0.3, -0.25) is 4.98 Å². The highest BCUT2D eigenvalue weighted by Crippen LogP contribution is 2.29. The van der Waals surface area contributed by atoms with Gasteiger partial charge in [-0.25, -0.2) is 9.97 Å². The van der Waals surface area contributed by atoms with Gasteiger partial charge in [0, 0.05) is 6.20 Å². The molecule has 0 fully saturated rings. The molecule has 0 aliphatic heterocycles. The van der Waals surface area contributed by atoms with E-state index >= 15 is 0 Å². The van der Waals surface area contributed by atoms with Crippen molar-refractivity contribution in [2.45, 2.75) is 0 Å². The molecule has 0 spiro atoms. The number of thiazole rings is 1. The summed E-state index contributed by atoms with van der Waals surface area (Å²) in [5.74, 6) is 0.647. The average molecular weight is 254 g/mol. The van der Waals surface area contributed by atoms with Crippen molar-refractivity contribution < 1.29 is 0 Å². The SMILES string of the molecule is Clc1nc(-c2cncs2)nc2ccsc12. The molecule has 0 atom stereocenters. The van der Waals surface area contributed by atoms with Gasteiger partial charge in [-0.15, -0.1) is 22.7 Å². The van der Waals surface area contributed by atoms with Crippen LogP contribution in [0.4, 0.5) is 0 Å². The highest BCUT2D eigenvalue weighted by Gasteiger charge is 2.09. The van der Waals surface area contributed by atoms with Gasteiger partial charge in [0.25, 0.3) is 0 Å². The molecule has 0 unspecified atom stereocenters. The van der Waals surface area contributed by atoms with E-state index in [4.69, 9.17) is 11.6 Å². The molecule has 3 rings (SSSR count). The Balaban J connectivity index is 2.29. The fourth-order valence-electron chi connectivity index (χ4n) is 1.26. The van der Waals surface area contributed by atoms with E-state index in [1.54, 1.807) is 23.0 Å². The third-order valence-electron chi connectivity index (χ3n) is 1.91. The van der Waals surface area contributed by atoms with Crippen LogP contribution in [0.15, 0.2) is 23.2 Å². The topological polar surface area (TPSA) is 38.7 Å². The summed E-state index contributed by atoms with van der Waals surface area (Å²) in [4.78, 5) is 13.6. The number of nitrogens with zero attached hydrogens (tertiary/aromatic N) is 3. The second kappa shape index (κ2) is 3.52. The summed E-state index contributed by atoms with van der Waals surface area (Å²) in [6.07, 6.45) is 1.74. The maximum absolute atomic E-state index is 6.06. The predicted molar refractivity (Wildman–Crippen MR) is 63.5 cm³/mol. The Bertz CT molecular complexity index is 603. The van der Waals surface area contributed by atoms with E-state index in [9.17, 15) is 0 Å². The monoisotopic (exact) mass is 253 g/mol. The van der Waals surface area contributed by atoms with E-state index in [-0.39, 0.29) is 0 Å². The largest absolute Gasteiger partial charge is 0.252 e. The number of hydrogen-bond acceptors (Lipinski definition) is 5. The van der Waals surface area contributed by atoms with E-state index in [1.807, 2.05) is 11.4 Å². The predicted octanol–water partition coefficient (Wildman–Crippen LogP) is 3.47. The summed E-state index contributed by atoms with van der Waals surface area (Å²) < 4.78 is 0.935. The molecule has 0 aliphatic carbocycles. The molecule has 6 heteroatoms. The average Bonchev–Trinajstić information content (AvgIpc) is 2.88. The van der Waals surface area contributed by atoms with E-state index in [2.05, 4.69) is 15.0 Å². The fraction of sp³-hybridized carbons (Fsp3) is 0. The Labute approximate surface area is 98.4 Å². The zero-order valence-corrected chi connectivity index (χ0v) is 9.73. The maximum Gasteiger partial charge on any atom is 0.173 e. The molecule has 0 radical (unpaired) electrons. The normalized spacial score (nSPS) is 11.0. The number of halogens is 1. The number of fused-ring (bicyclic) bond motifs is 1. The maximum atomic E-state index is 6.06. The van der Waals surface area contributed by atoms with Crippen LogP contribution in [0.1, 0.15) is 0 Å². The molecule has 0 bridgehead atoms. The first-order valence-electron chi connectivity index (χ1n) is 4.14. The minimum absolute atomic E-state index is 0.512. The Kier molecular flexibility index (Phi) is 2.16. The van der Waals surface area contributed by atoms with E-state index in [0.29, 0.717) is 11.0 Å². The van der Waals surface area contributed by atoms with Gasteiger partial charge in [-0.2, -0.15) is 0 Å². The second-order valence-electron chi connectivity index (χ2n) is 2.84. The first kappa shape index (κ1) is 9.21. The van der Waals surface area contributed by atoms with E-state index in [0.717, 1.165) is 15.1 Å². The van der Waals surface area contributed by atoms with E-state index < -0.39 is 0 Å². The molecule has 0 aliphatic rings. The van der Waals surface area contributed by atoms with Crippen LogP contribution in [0.25, 0.3) is 20.9 Å². The molecule has 15 heavy (non-hydrogen) atoms. The third kappa shape index (κ3) is 1.52. The Morgan fingerprint density at radius 3 is 2.93 bits per heavy atom. The molecule has 3 aromatic heterocycles. The van der Waals surface area contributed by atoms with Gasteiger partial charge >= 0.3 is 0 Å². The Morgan fingerprint density at radius 2 is 2.13 bits per heavy atom. The lowest BCUT2D eigenvalue weighted by molar-refractivity contribution is 1.24. The summed E-state index contributed by atoms with van der Waals surface area (Å²) in [5.41, 5.74) is 2.65. The highest BCUT2D eigenvalue weighted by atomic mass is 35.5. The number of aromatic nitrogens is 3. The van der Waals surface area contributed by atoms with Crippen LogP contribution < -0.4 is 0 Å². The van der Waals surface area contributed by atoms with Crippen LogP contribution >= 0.6 is 34.3 Å². The number of rotatable bonds is 1. The van der Waals surface area contributed by atoms with Crippen molar-refractivity contribution in [3.63, 3.8) is 0 Å². The lowest BCUT2D eigenvalue weighted by atomic mass is 10.4. The van der Waals surface area contributed by atoms with Crippen molar-refractivity contribution in [3.05, 3.63) is 28.3 Å². The second-order valence-corrected chi connectivity index (χ2v) is 5.00. The van der Waals surface area contributed by atoms with Crippen LogP contribution in [0, 0.1) is 0 Å². The summed E-state index contributed by atoms with van der Waals surface area (Å²) in [7, 11) is 0. The van der Waals surface area contributed by atoms with Gasteiger partial charge in [0.1, 0.15) is 0 Å².